The SMILES string of the molecule is NCCc1nc(-c2ccc3c(c2)CCO3)sc1Br. The summed E-state index contributed by atoms with van der Waals surface area (Å²) in [4.78, 5) is 4.65. The lowest BCUT2D eigenvalue weighted by Gasteiger charge is -2.00. The lowest BCUT2D eigenvalue weighted by Crippen LogP contribution is -2.03. The molecule has 2 heterocycles. The molecular formula is C13H13BrN2OS. The Bertz CT molecular complexity index is 582. The van der Waals surface area contributed by atoms with Crippen LogP contribution in [0.3, 0.4) is 0 Å². The Morgan fingerprint density at radius 1 is 1.44 bits per heavy atom. The Morgan fingerprint density at radius 3 is 3.17 bits per heavy atom. The van der Waals surface area contributed by atoms with Crippen molar-refractivity contribution in [3.63, 3.8) is 0 Å². The summed E-state index contributed by atoms with van der Waals surface area (Å²) in [7, 11) is 0. The number of benzene rings is 1. The number of thiazole rings is 1. The molecule has 0 amide bonds. The van der Waals surface area contributed by atoms with Crippen LogP contribution in [0.15, 0.2) is 22.0 Å². The topological polar surface area (TPSA) is 48.1 Å². The van der Waals surface area contributed by atoms with Crippen LogP contribution in [0.25, 0.3) is 10.6 Å². The van der Waals surface area contributed by atoms with Gasteiger partial charge >= 0.3 is 0 Å². The van der Waals surface area contributed by atoms with Crippen LogP contribution in [0.4, 0.5) is 0 Å². The van der Waals surface area contributed by atoms with Gasteiger partial charge in [-0.25, -0.2) is 4.98 Å². The van der Waals surface area contributed by atoms with Gasteiger partial charge in [0.2, 0.25) is 0 Å². The number of halogens is 1. The summed E-state index contributed by atoms with van der Waals surface area (Å²) in [5.41, 5.74) is 9.07. The van der Waals surface area contributed by atoms with Gasteiger partial charge in [0.15, 0.2) is 0 Å². The number of nitrogens with zero attached hydrogens (tertiary/aromatic N) is 1. The maximum atomic E-state index is 5.58. The Kier molecular flexibility index (Phi) is 3.37. The highest BCUT2D eigenvalue weighted by molar-refractivity contribution is 9.11. The molecule has 1 aromatic carbocycles. The van der Waals surface area contributed by atoms with Crippen LogP contribution >= 0.6 is 27.3 Å². The molecule has 0 spiro atoms. The summed E-state index contributed by atoms with van der Waals surface area (Å²) >= 11 is 5.22. The van der Waals surface area contributed by atoms with Crippen molar-refractivity contribution in [1.29, 1.82) is 0 Å². The van der Waals surface area contributed by atoms with Crippen molar-refractivity contribution in [2.24, 2.45) is 5.73 Å². The summed E-state index contributed by atoms with van der Waals surface area (Å²) in [5, 5.41) is 1.04. The molecule has 3 rings (SSSR count). The summed E-state index contributed by atoms with van der Waals surface area (Å²) in [6.45, 7) is 1.42. The summed E-state index contributed by atoms with van der Waals surface area (Å²) in [6, 6.07) is 6.29. The third kappa shape index (κ3) is 2.18. The van der Waals surface area contributed by atoms with E-state index in [4.69, 9.17) is 10.5 Å². The van der Waals surface area contributed by atoms with Crippen molar-refractivity contribution < 1.29 is 4.74 Å². The molecule has 0 aliphatic carbocycles. The molecule has 94 valence electrons. The van der Waals surface area contributed by atoms with Gasteiger partial charge in [0.25, 0.3) is 0 Å². The normalized spacial score (nSPS) is 13.4. The van der Waals surface area contributed by atoms with E-state index in [9.17, 15) is 0 Å². The number of rotatable bonds is 3. The molecule has 0 saturated heterocycles. The second-order valence-corrected chi connectivity index (χ2v) is 6.52. The Balaban J connectivity index is 1.97. The van der Waals surface area contributed by atoms with E-state index in [0.717, 1.165) is 45.2 Å². The Hall–Kier alpha value is -0.910. The van der Waals surface area contributed by atoms with Gasteiger partial charge in [-0.05, 0) is 46.2 Å². The predicted octanol–water partition coefficient (Wildman–Crippen LogP) is 3.01. The van der Waals surface area contributed by atoms with Gasteiger partial charge in [-0.1, -0.05) is 0 Å². The van der Waals surface area contributed by atoms with Gasteiger partial charge in [0.05, 0.1) is 16.1 Å². The molecule has 0 unspecified atom stereocenters. The number of fused-ring (bicyclic) bond motifs is 1. The van der Waals surface area contributed by atoms with E-state index in [1.54, 1.807) is 11.3 Å². The molecule has 1 aliphatic rings. The zero-order valence-electron chi connectivity index (χ0n) is 9.78. The van der Waals surface area contributed by atoms with E-state index in [-0.39, 0.29) is 0 Å². The Labute approximate surface area is 118 Å². The van der Waals surface area contributed by atoms with Crippen molar-refractivity contribution in [2.45, 2.75) is 12.8 Å². The van der Waals surface area contributed by atoms with E-state index in [2.05, 4.69) is 33.0 Å². The molecule has 0 radical (unpaired) electrons. The molecule has 1 aliphatic heterocycles. The van der Waals surface area contributed by atoms with Gasteiger partial charge in [0, 0.05) is 18.4 Å². The molecule has 3 nitrogen and oxygen atoms in total. The van der Waals surface area contributed by atoms with Crippen LogP contribution in [0.5, 0.6) is 5.75 Å². The minimum atomic E-state index is 0.625. The second kappa shape index (κ2) is 4.99. The van der Waals surface area contributed by atoms with E-state index >= 15 is 0 Å². The maximum absolute atomic E-state index is 5.58. The first-order valence-corrected chi connectivity index (χ1v) is 7.50. The van der Waals surface area contributed by atoms with E-state index < -0.39 is 0 Å². The summed E-state index contributed by atoms with van der Waals surface area (Å²) in [6.07, 6.45) is 1.80. The average Bonchev–Trinajstić information content (AvgIpc) is 2.96. The zero-order valence-corrected chi connectivity index (χ0v) is 12.2. The van der Waals surface area contributed by atoms with Crippen LogP contribution in [0.1, 0.15) is 11.3 Å². The standard InChI is InChI=1S/C13H13BrN2OS/c14-12-10(3-5-15)16-13(18-12)9-1-2-11-8(7-9)4-6-17-11/h1-2,7H,3-6,15H2. The van der Waals surface area contributed by atoms with Crippen LogP contribution in [0, 0.1) is 0 Å². The molecule has 2 N–H and O–H groups in total. The fraction of sp³-hybridized carbons (Fsp3) is 0.308. The minimum Gasteiger partial charge on any atom is -0.493 e. The Morgan fingerprint density at radius 2 is 2.33 bits per heavy atom. The third-order valence-corrected chi connectivity index (χ3v) is 4.85. The average molecular weight is 325 g/mol. The molecule has 0 fully saturated rings. The molecule has 1 aromatic heterocycles. The van der Waals surface area contributed by atoms with Crippen LogP contribution in [-0.2, 0) is 12.8 Å². The first kappa shape index (κ1) is 12.1. The van der Waals surface area contributed by atoms with Crippen molar-refractivity contribution in [2.75, 3.05) is 13.2 Å². The molecule has 0 bridgehead atoms. The number of aromatic nitrogens is 1. The zero-order chi connectivity index (χ0) is 12.5. The van der Waals surface area contributed by atoms with Gasteiger partial charge < -0.3 is 10.5 Å². The number of nitrogens with two attached hydrogens (primary N) is 1. The van der Waals surface area contributed by atoms with Crippen molar-refractivity contribution in [3.05, 3.63) is 33.2 Å². The third-order valence-electron chi connectivity index (χ3n) is 2.97. The monoisotopic (exact) mass is 324 g/mol. The fourth-order valence-electron chi connectivity index (χ4n) is 2.07. The smallest absolute Gasteiger partial charge is 0.124 e. The first-order valence-electron chi connectivity index (χ1n) is 5.89. The molecule has 0 saturated carbocycles. The first-order chi connectivity index (χ1) is 8.78. The maximum Gasteiger partial charge on any atom is 0.124 e. The van der Waals surface area contributed by atoms with Crippen molar-refractivity contribution in [1.82, 2.24) is 4.98 Å². The highest BCUT2D eigenvalue weighted by Crippen LogP contribution is 2.35. The number of ether oxygens (including phenoxy) is 1. The predicted molar refractivity (Wildman–Crippen MR) is 77.2 cm³/mol. The van der Waals surface area contributed by atoms with E-state index in [1.165, 1.54) is 5.56 Å². The molecule has 5 heteroatoms. The highest BCUT2D eigenvalue weighted by Gasteiger charge is 2.15. The largest absolute Gasteiger partial charge is 0.493 e. The lowest BCUT2D eigenvalue weighted by atomic mass is 10.1. The summed E-state index contributed by atoms with van der Waals surface area (Å²) < 4.78 is 6.60. The van der Waals surface area contributed by atoms with E-state index in [0.29, 0.717) is 6.54 Å². The molecule has 18 heavy (non-hydrogen) atoms. The molecular weight excluding hydrogens is 312 g/mol. The minimum absolute atomic E-state index is 0.625. The van der Waals surface area contributed by atoms with Crippen LogP contribution in [-0.4, -0.2) is 18.1 Å². The van der Waals surface area contributed by atoms with Crippen molar-refractivity contribution >= 4 is 27.3 Å². The van der Waals surface area contributed by atoms with Crippen molar-refractivity contribution in [3.8, 4) is 16.3 Å². The summed E-state index contributed by atoms with van der Waals surface area (Å²) in [5.74, 6) is 1.01. The fourth-order valence-corrected chi connectivity index (χ4v) is 3.65. The van der Waals surface area contributed by atoms with E-state index in [1.807, 2.05) is 6.07 Å². The lowest BCUT2D eigenvalue weighted by molar-refractivity contribution is 0.357. The molecule has 2 aromatic rings. The quantitative estimate of drug-likeness (QED) is 0.944. The van der Waals surface area contributed by atoms with Gasteiger partial charge in [-0.2, -0.15) is 0 Å². The van der Waals surface area contributed by atoms with Gasteiger partial charge in [-0.15, -0.1) is 11.3 Å². The van der Waals surface area contributed by atoms with Gasteiger partial charge in [0.1, 0.15) is 10.8 Å². The van der Waals surface area contributed by atoms with Crippen LogP contribution in [0.2, 0.25) is 0 Å². The van der Waals surface area contributed by atoms with Gasteiger partial charge in [-0.3, -0.25) is 0 Å². The van der Waals surface area contributed by atoms with Crippen LogP contribution < -0.4 is 10.5 Å². The number of hydrogen-bond donors (Lipinski definition) is 1. The second-order valence-electron chi connectivity index (χ2n) is 4.20. The molecule has 0 atom stereocenters. The number of hydrogen-bond acceptors (Lipinski definition) is 4. The highest BCUT2D eigenvalue weighted by atomic mass is 79.9.